The molecule has 3 heterocycles. The number of halogens is 1. The molecule has 0 saturated carbocycles. The van der Waals surface area contributed by atoms with Gasteiger partial charge in [0.2, 0.25) is 10.0 Å². The zero-order chi connectivity index (χ0) is 28.6. The number of fused-ring (bicyclic) bond motifs is 2. The number of ether oxygens (including phenoxy) is 3. The average molecular weight is 581 g/mol. The van der Waals surface area contributed by atoms with Crippen molar-refractivity contribution in [2.45, 2.75) is 48.6 Å². The van der Waals surface area contributed by atoms with Crippen LogP contribution >= 0.6 is 0 Å². The lowest BCUT2D eigenvalue weighted by molar-refractivity contribution is -0.156. The molecule has 2 fully saturated rings. The fourth-order valence-corrected chi connectivity index (χ4v) is 5.82. The molecular weight excluding hydrogens is 551 g/mol. The number of aliphatic hydroxyl groups excluding tert-OH is 1. The zero-order valence-corrected chi connectivity index (χ0v) is 22.8. The monoisotopic (exact) mass is 580 g/mol. The van der Waals surface area contributed by atoms with Gasteiger partial charge in [0.25, 0.3) is 0 Å². The van der Waals surface area contributed by atoms with Crippen molar-refractivity contribution in [2.24, 2.45) is 5.14 Å². The van der Waals surface area contributed by atoms with Gasteiger partial charge in [-0.2, -0.15) is 0 Å². The number of oxazole rings is 1. The molecule has 3 aromatic carbocycles. The first-order chi connectivity index (χ1) is 19.7. The Balaban J connectivity index is 1.16. The van der Waals surface area contributed by atoms with Gasteiger partial charge in [-0.25, -0.2) is 22.9 Å². The summed E-state index contributed by atoms with van der Waals surface area (Å²) in [5.74, 6) is 0.885. The molecule has 3 atom stereocenters. The third kappa shape index (κ3) is 5.90. The number of rotatable bonds is 9. The Kier molecular flexibility index (Phi) is 7.39. The van der Waals surface area contributed by atoms with Crippen molar-refractivity contribution >= 4 is 10.0 Å². The van der Waals surface area contributed by atoms with Gasteiger partial charge in [0, 0.05) is 36.5 Å². The van der Waals surface area contributed by atoms with Gasteiger partial charge in [-0.1, -0.05) is 30.3 Å². The SMILES string of the molecule is NS(=O)(=O)c1ccc(-c2oc(CCCOc3cc(F)cc([C@]45CO[C@@H](C[C@@H](O)C4)O5)c3)nc2-c2ccccc2)cc1. The second kappa shape index (κ2) is 11.0. The number of primary sulfonamides is 1. The van der Waals surface area contributed by atoms with Crippen molar-refractivity contribution in [2.75, 3.05) is 13.2 Å². The van der Waals surface area contributed by atoms with E-state index in [-0.39, 0.29) is 18.1 Å². The van der Waals surface area contributed by atoms with E-state index in [1.807, 2.05) is 30.3 Å². The zero-order valence-electron chi connectivity index (χ0n) is 22.0. The quantitative estimate of drug-likeness (QED) is 0.276. The standard InChI is InChI=1S/C30H29FN2O7S/c31-22-13-21(30-17-23(34)16-27(40-30)38-18-30)14-24(15-22)37-12-4-7-26-33-28(19-5-2-1-3-6-19)29(39-26)20-8-10-25(11-9-20)41(32,35)36/h1-3,5-6,8-11,13-15,23,27,34H,4,7,12,16-18H2,(H2,32,35,36)/t23-,27-,30-/m1/s1. The average Bonchev–Trinajstić information content (AvgIpc) is 3.52. The molecule has 2 aliphatic rings. The third-order valence-corrected chi connectivity index (χ3v) is 8.18. The van der Waals surface area contributed by atoms with E-state index in [2.05, 4.69) is 0 Å². The Labute approximate surface area is 236 Å². The topological polar surface area (TPSA) is 134 Å². The van der Waals surface area contributed by atoms with Crippen molar-refractivity contribution in [3.05, 3.63) is 90.1 Å². The summed E-state index contributed by atoms with van der Waals surface area (Å²) in [6.07, 6.45) is 0.636. The minimum Gasteiger partial charge on any atom is -0.493 e. The molecule has 214 valence electrons. The Morgan fingerprint density at radius 3 is 2.61 bits per heavy atom. The third-order valence-electron chi connectivity index (χ3n) is 7.25. The van der Waals surface area contributed by atoms with Crippen molar-refractivity contribution in [1.82, 2.24) is 4.98 Å². The molecule has 2 saturated heterocycles. The number of nitrogens with two attached hydrogens (primary N) is 1. The van der Waals surface area contributed by atoms with E-state index in [0.29, 0.717) is 59.9 Å². The second-order valence-corrected chi connectivity index (χ2v) is 11.9. The van der Waals surface area contributed by atoms with Crippen LogP contribution < -0.4 is 9.88 Å². The molecule has 6 rings (SSSR count). The van der Waals surface area contributed by atoms with Crippen molar-refractivity contribution in [3.63, 3.8) is 0 Å². The number of aromatic nitrogens is 1. The van der Waals surface area contributed by atoms with Gasteiger partial charge >= 0.3 is 0 Å². The van der Waals surface area contributed by atoms with Gasteiger partial charge in [0.15, 0.2) is 17.9 Å². The largest absolute Gasteiger partial charge is 0.493 e. The summed E-state index contributed by atoms with van der Waals surface area (Å²) in [7, 11) is -3.82. The van der Waals surface area contributed by atoms with Crippen LogP contribution in [0.2, 0.25) is 0 Å². The smallest absolute Gasteiger partial charge is 0.238 e. The molecular formula is C30H29FN2O7S. The fraction of sp³-hybridized carbons (Fsp3) is 0.300. The maximum atomic E-state index is 14.5. The fourth-order valence-electron chi connectivity index (χ4n) is 5.30. The molecule has 0 amide bonds. The lowest BCUT2D eigenvalue weighted by Gasteiger charge is -2.34. The molecule has 4 aromatic rings. The van der Waals surface area contributed by atoms with E-state index in [1.165, 1.54) is 24.3 Å². The van der Waals surface area contributed by atoms with Gasteiger partial charge in [-0.05, 0) is 48.4 Å². The number of benzene rings is 3. The van der Waals surface area contributed by atoms with Crippen LogP contribution in [0.25, 0.3) is 22.6 Å². The van der Waals surface area contributed by atoms with E-state index in [4.69, 9.17) is 28.8 Å². The molecule has 3 N–H and O–H groups in total. The number of aliphatic hydroxyl groups is 1. The molecule has 41 heavy (non-hydrogen) atoms. The molecule has 1 aromatic heterocycles. The van der Waals surface area contributed by atoms with Crippen LogP contribution in [0.1, 0.15) is 30.7 Å². The second-order valence-electron chi connectivity index (χ2n) is 10.3. The van der Waals surface area contributed by atoms with Crippen LogP contribution in [-0.4, -0.2) is 44.1 Å². The molecule has 0 radical (unpaired) electrons. The minimum absolute atomic E-state index is 0.00556. The van der Waals surface area contributed by atoms with Gasteiger partial charge in [0.1, 0.15) is 22.9 Å². The van der Waals surface area contributed by atoms with E-state index >= 15 is 0 Å². The minimum atomic E-state index is -3.82. The summed E-state index contributed by atoms with van der Waals surface area (Å²) in [6, 6.07) is 20.1. The molecule has 11 heteroatoms. The Morgan fingerprint density at radius 2 is 1.85 bits per heavy atom. The summed E-state index contributed by atoms with van der Waals surface area (Å²) < 4.78 is 61.5. The molecule has 0 unspecified atom stereocenters. The van der Waals surface area contributed by atoms with Crippen molar-refractivity contribution in [1.29, 1.82) is 0 Å². The van der Waals surface area contributed by atoms with Crippen LogP contribution in [0.4, 0.5) is 4.39 Å². The van der Waals surface area contributed by atoms with Gasteiger partial charge in [0.05, 0.1) is 24.2 Å². The van der Waals surface area contributed by atoms with E-state index in [1.54, 1.807) is 18.2 Å². The van der Waals surface area contributed by atoms with Crippen LogP contribution in [0.3, 0.4) is 0 Å². The normalized spacial score (nSPS) is 22.1. The van der Waals surface area contributed by atoms with E-state index in [9.17, 15) is 17.9 Å². The van der Waals surface area contributed by atoms with E-state index < -0.39 is 33.8 Å². The summed E-state index contributed by atoms with van der Waals surface area (Å²) in [4.78, 5) is 4.72. The van der Waals surface area contributed by atoms with Crippen LogP contribution in [-0.2, 0) is 31.5 Å². The Morgan fingerprint density at radius 1 is 1.07 bits per heavy atom. The summed E-state index contributed by atoms with van der Waals surface area (Å²) in [5, 5.41) is 15.5. The first-order valence-corrected chi connectivity index (χ1v) is 14.8. The number of nitrogens with zero attached hydrogens (tertiary/aromatic N) is 1. The first-order valence-electron chi connectivity index (χ1n) is 13.3. The highest BCUT2D eigenvalue weighted by atomic mass is 32.2. The van der Waals surface area contributed by atoms with Gasteiger partial charge in [-0.3, -0.25) is 0 Å². The highest BCUT2D eigenvalue weighted by Gasteiger charge is 2.49. The maximum absolute atomic E-state index is 14.5. The highest BCUT2D eigenvalue weighted by molar-refractivity contribution is 7.89. The number of sulfonamides is 1. The molecule has 0 aliphatic carbocycles. The molecule has 9 nitrogen and oxygen atoms in total. The predicted octanol–water partition coefficient (Wildman–Crippen LogP) is 4.53. The Hall–Kier alpha value is -3.61. The van der Waals surface area contributed by atoms with Crippen LogP contribution in [0, 0.1) is 5.82 Å². The summed E-state index contributed by atoms with van der Waals surface area (Å²) in [5.41, 5.74) is 1.82. The van der Waals surface area contributed by atoms with Crippen LogP contribution in [0.5, 0.6) is 5.75 Å². The van der Waals surface area contributed by atoms with E-state index in [0.717, 1.165) is 5.56 Å². The number of aryl methyl sites for hydroxylation is 1. The number of hydrogen-bond donors (Lipinski definition) is 2. The molecule has 2 aliphatic heterocycles. The maximum Gasteiger partial charge on any atom is 0.238 e. The molecule has 2 bridgehead atoms. The lowest BCUT2D eigenvalue weighted by Crippen LogP contribution is -2.39. The van der Waals surface area contributed by atoms with Crippen LogP contribution in [0.15, 0.2) is 82.1 Å². The number of hydrogen-bond acceptors (Lipinski definition) is 8. The lowest BCUT2D eigenvalue weighted by atomic mass is 9.86. The van der Waals surface area contributed by atoms with Gasteiger partial charge < -0.3 is 23.7 Å². The first kappa shape index (κ1) is 27.6. The predicted molar refractivity (Wildman–Crippen MR) is 147 cm³/mol. The summed E-state index contributed by atoms with van der Waals surface area (Å²) >= 11 is 0. The molecule has 0 spiro atoms. The Bertz CT molecular complexity index is 1640. The van der Waals surface area contributed by atoms with Gasteiger partial charge in [-0.15, -0.1) is 0 Å². The van der Waals surface area contributed by atoms with Crippen molar-refractivity contribution in [3.8, 4) is 28.3 Å². The highest BCUT2D eigenvalue weighted by Crippen LogP contribution is 2.44. The van der Waals surface area contributed by atoms with Crippen molar-refractivity contribution < 1.29 is 36.5 Å². The summed E-state index contributed by atoms with van der Waals surface area (Å²) in [6.45, 7) is 0.526.